The van der Waals surface area contributed by atoms with Crippen LogP contribution < -0.4 is 0 Å². The summed E-state index contributed by atoms with van der Waals surface area (Å²) < 4.78 is 2.10. The van der Waals surface area contributed by atoms with Crippen LogP contribution in [-0.4, -0.2) is 21.7 Å². The lowest BCUT2D eigenvalue weighted by Gasteiger charge is -1.98. The number of aliphatic hydroxyl groups is 1. The van der Waals surface area contributed by atoms with Crippen LogP contribution in [0.5, 0.6) is 0 Å². The maximum absolute atomic E-state index is 8.76. The van der Waals surface area contributed by atoms with Crippen molar-refractivity contribution >= 4 is 11.8 Å². The minimum atomic E-state index is 0.145. The predicted molar refractivity (Wildman–Crippen MR) is 48.7 cm³/mol. The number of hydrogen-bond donors (Lipinski definition) is 1. The molecule has 0 radical (unpaired) electrons. The molecule has 0 aliphatic heterocycles. The number of thioether (sulfide) groups is 1. The molecule has 1 aromatic heterocycles. The fraction of sp³-hybridized carbons (Fsp3) is 0.500. The van der Waals surface area contributed by atoms with Gasteiger partial charge in [0, 0.05) is 24.7 Å². The summed E-state index contributed by atoms with van der Waals surface area (Å²) in [5.41, 5.74) is 0.992. The highest BCUT2D eigenvalue weighted by Crippen LogP contribution is 2.02. The van der Waals surface area contributed by atoms with Crippen molar-refractivity contribution in [2.45, 2.75) is 13.2 Å². The SMILES string of the molecule is CSCCn1ccc(CO)c1. The minimum absolute atomic E-state index is 0.145. The lowest BCUT2D eigenvalue weighted by Crippen LogP contribution is -1.96. The summed E-state index contributed by atoms with van der Waals surface area (Å²) in [4.78, 5) is 0. The van der Waals surface area contributed by atoms with Gasteiger partial charge in [-0.1, -0.05) is 0 Å². The molecular formula is C8H13NOS. The Morgan fingerprint density at radius 2 is 2.45 bits per heavy atom. The molecule has 0 amide bonds. The summed E-state index contributed by atoms with van der Waals surface area (Å²) >= 11 is 1.83. The second kappa shape index (κ2) is 4.46. The Kier molecular flexibility index (Phi) is 3.52. The van der Waals surface area contributed by atoms with E-state index in [1.807, 2.05) is 30.2 Å². The van der Waals surface area contributed by atoms with Crippen LogP contribution >= 0.6 is 11.8 Å². The summed E-state index contributed by atoms with van der Waals surface area (Å²) in [7, 11) is 0. The van der Waals surface area contributed by atoms with E-state index in [1.165, 1.54) is 0 Å². The average molecular weight is 171 g/mol. The molecule has 0 aromatic carbocycles. The molecule has 11 heavy (non-hydrogen) atoms. The van der Waals surface area contributed by atoms with Crippen molar-refractivity contribution in [3.05, 3.63) is 24.0 Å². The van der Waals surface area contributed by atoms with Gasteiger partial charge in [-0.3, -0.25) is 0 Å². The third kappa shape index (κ3) is 2.60. The molecule has 1 N–H and O–H groups in total. The fourth-order valence-corrected chi connectivity index (χ4v) is 1.31. The van der Waals surface area contributed by atoms with E-state index >= 15 is 0 Å². The Hall–Kier alpha value is -0.410. The standard InChI is InChI=1S/C8H13NOS/c1-11-5-4-9-3-2-8(6-9)7-10/h2-3,6,10H,4-5,7H2,1H3. The van der Waals surface area contributed by atoms with Gasteiger partial charge in [-0.2, -0.15) is 11.8 Å². The first-order valence-corrected chi connectivity index (χ1v) is 5.00. The maximum Gasteiger partial charge on any atom is 0.0696 e. The normalized spacial score (nSPS) is 10.4. The Bertz CT molecular complexity index is 210. The van der Waals surface area contributed by atoms with Crippen LogP contribution in [0.25, 0.3) is 0 Å². The predicted octanol–water partition coefficient (Wildman–Crippen LogP) is 1.34. The molecule has 0 aliphatic rings. The van der Waals surface area contributed by atoms with Crippen LogP contribution in [0.2, 0.25) is 0 Å². The second-order valence-electron chi connectivity index (χ2n) is 2.41. The van der Waals surface area contributed by atoms with Crippen LogP contribution in [0.4, 0.5) is 0 Å². The molecule has 0 saturated carbocycles. The molecule has 1 heterocycles. The maximum atomic E-state index is 8.76. The molecule has 3 heteroatoms. The zero-order valence-corrected chi connectivity index (χ0v) is 7.47. The second-order valence-corrected chi connectivity index (χ2v) is 3.39. The van der Waals surface area contributed by atoms with Crippen molar-refractivity contribution in [1.82, 2.24) is 4.57 Å². The van der Waals surface area contributed by atoms with Gasteiger partial charge in [-0.25, -0.2) is 0 Å². The highest BCUT2D eigenvalue weighted by Gasteiger charge is 1.93. The molecule has 0 bridgehead atoms. The quantitative estimate of drug-likeness (QED) is 0.739. The highest BCUT2D eigenvalue weighted by atomic mass is 32.2. The van der Waals surface area contributed by atoms with Crippen LogP contribution in [-0.2, 0) is 13.2 Å². The van der Waals surface area contributed by atoms with E-state index < -0.39 is 0 Å². The van der Waals surface area contributed by atoms with Crippen LogP contribution in [0.15, 0.2) is 18.5 Å². The third-order valence-electron chi connectivity index (χ3n) is 1.55. The Morgan fingerprint density at radius 1 is 1.64 bits per heavy atom. The molecule has 0 atom stereocenters. The zero-order chi connectivity index (χ0) is 8.10. The molecule has 0 aliphatic carbocycles. The van der Waals surface area contributed by atoms with E-state index in [4.69, 9.17) is 5.11 Å². The summed E-state index contributed by atoms with van der Waals surface area (Å²) in [5, 5.41) is 8.76. The van der Waals surface area contributed by atoms with Crippen molar-refractivity contribution in [2.24, 2.45) is 0 Å². The first-order chi connectivity index (χ1) is 5.36. The Balaban J connectivity index is 2.44. The topological polar surface area (TPSA) is 25.2 Å². The zero-order valence-electron chi connectivity index (χ0n) is 6.66. The lowest BCUT2D eigenvalue weighted by molar-refractivity contribution is 0.281. The van der Waals surface area contributed by atoms with E-state index in [9.17, 15) is 0 Å². The summed E-state index contributed by atoms with van der Waals surface area (Å²) in [5.74, 6) is 1.12. The monoisotopic (exact) mass is 171 g/mol. The molecule has 0 saturated heterocycles. The Morgan fingerprint density at radius 3 is 3.00 bits per heavy atom. The highest BCUT2D eigenvalue weighted by molar-refractivity contribution is 7.98. The van der Waals surface area contributed by atoms with E-state index in [2.05, 4.69) is 10.8 Å². The fourth-order valence-electron chi connectivity index (χ4n) is 0.920. The smallest absolute Gasteiger partial charge is 0.0696 e. The molecule has 1 aromatic rings. The van der Waals surface area contributed by atoms with Crippen molar-refractivity contribution < 1.29 is 5.11 Å². The summed E-state index contributed by atoms with van der Waals surface area (Å²) in [6, 6.07) is 1.94. The molecular weight excluding hydrogens is 158 g/mol. The number of rotatable bonds is 4. The molecule has 0 unspecified atom stereocenters. The van der Waals surface area contributed by atoms with Crippen molar-refractivity contribution in [3.63, 3.8) is 0 Å². The third-order valence-corrected chi connectivity index (χ3v) is 2.14. The number of aryl methyl sites for hydroxylation is 1. The first kappa shape index (κ1) is 8.68. The Labute approximate surface area is 71.2 Å². The molecule has 0 fully saturated rings. The van der Waals surface area contributed by atoms with Gasteiger partial charge in [0.15, 0.2) is 0 Å². The van der Waals surface area contributed by atoms with Crippen molar-refractivity contribution in [3.8, 4) is 0 Å². The van der Waals surface area contributed by atoms with Gasteiger partial charge in [0.25, 0.3) is 0 Å². The van der Waals surface area contributed by atoms with E-state index in [0.29, 0.717) is 0 Å². The first-order valence-electron chi connectivity index (χ1n) is 3.61. The van der Waals surface area contributed by atoms with Crippen molar-refractivity contribution in [1.29, 1.82) is 0 Å². The number of nitrogens with zero attached hydrogens (tertiary/aromatic N) is 1. The van der Waals surface area contributed by atoms with Gasteiger partial charge in [-0.15, -0.1) is 0 Å². The van der Waals surface area contributed by atoms with E-state index in [1.54, 1.807) is 0 Å². The summed E-state index contributed by atoms with van der Waals surface area (Å²) in [6.45, 7) is 1.17. The number of aromatic nitrogens is 1. The minimum Gasteiger partial charge on any atom is -0.392 e. The van der Waals surface area contributed by atoms with Gasteiger partial charge in [0.05, 0.1) is 6.61 Å². The van der Waals surface area contributed by atoms with Crippen molar-refractivity contribution in [2.75, 3.05) is 12.0 Å². The van der Waals surface area contributed by atoms with Gasteiger partial charge in [0.1, 0.15) is 0 Å². The van der Waals surface area contributed by atoms with Gasteiger partial charge in [-0.05, 0) is 17.9 Å². The van der Waals surface area contributed by atoms with Gasteiger partial charge >= 0.3 is 0 Å². The summed E-state index contributed by atoms with van der Waals surface area (Å²) in [6.07, 6.45) is 6.08. The molecule has 62 valence electrons. The van der Waals surface area contributed by atoms with E-state index in [-0.39, 0.29) is 6.61 Å². The number of aliphatic hydroxyl groups excluding tert-OH is 1. The number of hydrogen-bond acceptors (Lipinski definition) is 2. The molecule has 2 nitrogen and oxygen atoms in total. The van der Waals surface area contributed by atoms with E-state index in [0.717, 1.165) is 17.9 Å². The van der Waals surface area contributed by atoms with Crippen LogP contribution in [0, 0.1) is 0 Å². The lowest BCUT2D eigenvalue weighted by atomic mass is 10.4. The van der Waals surface area contributed by atoms with Gasteiger partial charge < -0.3 is 9.67 Å². The van der Waals surface area contributed by atoms with Gasteiger partial charge in [0.2, 0.25) is 0 Å². The average Bonchev–Trinajstić information content (AvgIpc) is 2.48. The van der Waals surface area contributed by atoms with Crippen LogP contribution in [0.3, 0.4) is 0 Å². The van der Waals surface area contributed by atoms with Crippen LogP contribution in [0.1, 0.15) is 5.56 Å². The molecule has 1 rings (SSSR count). The molecule has 0 spiro atoms. The largest absolute Gasteiger partial charge is 0.392 e.